The lowest BCUT2D eigenvalue weighted by atomic mass is 10.3. The Hall–Kier alpha value is -0.800. The van der Waals surface area contributed by atoms with E-state index < -0.39 is 17.2 Å². The van der Waals surface area contributed by atoms with Gasteiger partial charge in [0.2, 0.25) is 5.28 Å². The van der Waals surface area contributed by atoms with Crippen LogP contribution >= 0.6 is 45.8 Å². The number of alkyl halides is 3. The highest BCUT2D eigenvalue weighted by Crippen LogP contribution is 2.31. The van der Waals surface area contributed by atoms with Crippen LogP contribution in [-0.4, -0.2) is 9.97 Å². The number of rotatable bonds is 2. The van der Waals surface area contributed by atoms with Crippen molar-refractivity contribution in [3.05, 3.63) is 43.8 Å². The standard InChI is InChI=1S/C11H5Cl2F3IN3/c12-6-3-5(17)1-2-7(6)18-9-4-8(11(14,15)16)19-10(13)20-9/h1-4H,(H,18,19,20). The van der Waals surface area contributed by atoms with Gasteiger partial charge in [-0.3, -0.25) is 0 Å². The summed E-state index contributed by atoms with van der Waals surface area (Å²) in [7, 11) is 0. The topological polar surface area (TPSA) is 37.8 Å². The summed E-state index contributed by atoms with van der Waals surface area (Å²) in [6.07, 6.45) is -4.60. The predicted molar refractivity (Wildman–Crippen MR) is 79.5 cm³/mol. The second-order valence-electron chi connectivity index (χ2n) is 3.65. The smallest absolute Gasteiger partial charge is 0.339 e. The van der Waals surface area contributed by atoms with E-state index >= 15 is 0 Å². The average Bonchev–Trinajstić information content (AvgIpc) is 2.31. The van der Waals surface area contributed by atoms with Crippen LogP contribution in [0.15, 0.2) is 24.3 Å². The molecular formula is C11H5Cl2F3IN3. The van der Waals surface area contributed by atoms with Gasteiger partial charge in [-0.2, -0.15) is 13.2 Å². The Morgan fingerprint density at radius 3 is 2.40 bits per heavy atom. The summed E-state index contributed by atoms with van der Waals surface area (Å²) in [5.41, 5.74) is -0.698. The summed E-state index contributed by atoms with van der Waals surface area (Å²) in [6.45, 7) is 0. The number of aromatic nitrogens is 2. The Bertz CT molecular complexity index is 649. The Balaban J connectivity index is 2.36. The van der Waals surface area contributed by atoms with E-state index in [1.807, 2.05) is 0 Å². The Kier molecular flexibility index (Phi) is 4.60. The second-order valence-corrected chi connectivity index (χ2v) is 5.65. The van der Waals surface area contributed by atoms with Crippen molar-refractivity contribution in [2.75, 3.05) is 5.32 Å². The third-order valence-electron chi connectivity index (χ3n) is 2.18. The zero-order chi connectivity index (χ0) is 14.9. The van der Waals surface area contributed by atoms with Crippen molar-refractivity contribution in [1.29, 1.82) is 0 Å². The van der Waals surface area contributed by atoms with Crippen molar-refractivity contribution in [2.24, 2.45) is 0 Å². The third-order valence-corrected chi connectivity index (χ3v) is 3.34. The van der Waals surface area contributed by atoms with Gasteiger partial charge in [-0.1, -0.05) is 11.6 Å². The monoisotopic (exact) mass is 433 g/mol. The van der Waals surface area contributed by atoms with Crippen LogP contribution in [0.5, 0.6) is 0 Å². The molecule has 2 rings (SSSR count). The summed E-state index contributed by atoms with van der Waals surface area (Å²) in [5, 5.41) is 2.55. The molecule has 0 saturated heterocycles. The molecule has 0 bridgehead atoms. The average molecular weight is 434 g/mol. The SMILES string of the molecule is FC(F)(F)c1cc(Nc2ccc(I)cc2Cl)nc(Cl)n1. The van der Waals surface area contributed by atoms with Gasteiger partial charge in [-0.25, -0.2) is 9.97 Å². The van der Waals surface area contributed by atoms with E-state index in [1.54, 1.807) is 18.2 Å². The Morgan fingerprint density at radius 2 is 1.80 bits per heavy atom. The first-order valence-corrected chi connectivity index (χ1v) is 6.93. The van der Waals surface area contributed by atoms with Crippen LogP contribution in [0.4, 0.5) is 24.7 Å². The Morgan fingerprint density at radius 1 is 1.10 bits per heavy atom. The van der Waals surface area contributed by atoms with Crippen molar-refractivity contribution in [3.63, 3.8) is 0 Å². The van der Waals surface area contributed by atoms with Crippen molar-refractivity contribution in [2.45, 2.75) is 6.18 Å². The lowest BCUT2D eigenvalue weighted by molar-refractivity contribution is -0.141. The van der Waals surface area contributed by atoms with Crippen molar-refractivity contribution in [3.8, 4) is 0 Å². The van der Waals surface area contributed by atoms with E-state index in [2.05, 4.69) is 37.9 Å². The second kappa shape index (κ2) is 5.90. The van der Waals surface area contributed by atoms with Crippen LogP contribution in [0.3, 0.4) is 0 Å². The molecular weight excluding hydrogens is 429 g/mol. The maximum Gasteiger partial charge on any atom is 0.433 e. The Labute approximate surface area is 135 Å². The van der Waals surface area contributed by atoms with Crippen LogP contribution in [0, 0.1) is 3.57 Å². The molecule has 0 saturated carbocycles. The molecule has 0 amide bonds. The molecule has 3 nitrogen and oxygen atoms in total. The highest BCUT2D eigenvalue weighted by molar-refractivity contribution is 14.1. The lowest BCUT2D eigenvalue weighted by Gasteiger charge is -2.11. The molecule has 1 aromatic heterocycles. The van der Waals surface area contributed by atoms with Crippen LogP contribution in [0.25, 0.3) is 0 Å². The lowest BCUT2D eigenvalue weighted by Crippen LogP contribution is -2.10. The molecule has 1 heterocycles. The minimum absolute atomic E-state index is 0.0829. The maximum absolute atomic E-state index is 12.6. The molecule has 0 radical (unpaired) electrons. The molecule has 2 aromatic rings. The molecule has 0 fully saturated rings. The van der Waals surface area contributed by atoms with E-state index in [9.17, 15) is 13.2 Å². The fourth-order valence-electron chi connectivity index (χ4n) is 1.36. The molecule has 0 aliphatic rings. The van der Waals surface area contributed by atoms with Crippen molar-refractivity contribution >= 4 is 57.3 Å². The molecule has 106 valence electrons. The molecule has 20 heavy (non-hydrogen) atoms. The van der Waals surface area contributed by atoms with Gasteiger partial charge in [0.1, 0.15) is 5.82 Å². The molecule has 1 aromatic carbocycles. The zero-order valence-electron chi connectivity index (χ0n) is 9.47. The van der Waals surface area contributed by atoms with Crippen molar-refractivity contribution < 1.29 is 13.2 Å². The van der Waals surface area contributed by atoms with E-state index in [0.29, 0.717) is 10.7 Å². The number of nitrogens with one attached hydrogen (secondary N) is 1. The van der Waals surface area contributed by atoms with Crippen molar-refractivity contribution in [1.82, 2.24) is 9.97 Å². The van der Waals surface area contributed by atoms with Gasteiger partial charge in [0, 0.05) is 9.64 Å². The first-order chi connectivity index (χ1) is 9.25. The first-order valence-electron chi connectivity index (χ1n) is 5.09. The van der Waals surface area contributed by atoms with Gasteiger partial charge in [0.25, 0.3) is 0 Å². The van der Waals surface area contributed by atoms with Gasteiger partial charge in [0.05, 0.1) is 10.7 Å². The van der Waals surface area contributed by atoms with Gasteiger partial charge in [-0.05, 0) is 52.4 Å². The fourth-order valence-corrected chi connectivity index (χ4v) is 2.44. The zero-order valence-corrected chi connectivity index (χ0v) is 13.1. The number of anilines is 2. The fraction of sp³-hybridized carbons (Fsp3) is 0.0909. The summed E-state index contributed by atoms with van der Waals surface area (Å²) in [5.74, 6) is -0.0829. The molecule has 0 spiro atoms. The number of nitrogens with zero attached hydrogens (tertiary/aromatic N) is 2. The summed E-state index contributed by atoms with van der Waals surface area (Å²) in [6, 6.07) is 5.81. The summed E-state index contributed by atoms with van der Waals surface area (Å²) < 4.78 is 38.7. The minimum Gasteiger partial charge on any atom is -0.339 e. The maximum atomic E-state index is 12.6. The first kappa shape index (κ1) is 15.6. The van der Waals surface area contributed by atoms with Crippen LogP contribution in [0.1, 0.15) is 5.69 Å². The largest absolute Gasteiger partial charge is 0.433 e. The summed E-state index contributed by atoms with van der Waals surface area (Å²) >= 11 is 13.5. The molecule has 0 aliphatic heterocycles. The van der Waals surface area contributed by atoms with Gasteiger partial charge in [-0.15, -0.1) is 0 Å². The van der Waals surface area contributed by atoms with E-state index in [-0.39, 0.29) is 5.82 Å². The molecule has 0 atom stereocenters. The van der Waals surface area contributed by atoms with Gasteiger partial charge < -0.3 is 5.32 Å². The van der Waals surface area contributed by atoms with Crippen LogP contribution in [0.2, 0.25) is 10.3 Å². The number of halogens is 6. The molecule has 0 unspecified atom stereocenters. The quantitative estimate of drug-likeness (QED) is 0.525. The molecule has 1 N–H and O–H groups in total. The number of hydrogen-bond donors (Lipinski definition) is 1. The normalized spacial score (nSPS) is 11.5. The summed E-state index contributed by atoms with van der Waals surface area (Å²) in [4.78, 5) is 6.83. The highest BCUT2D eigenvalue weighted by Gasteiger charge is 2.33. The molecule has 9 heteroatoms. The van der Waals surface area contributed by atoms with E-state index in [4.69, 9.17) is 23.2 Å². The number of benzene rings is 1. The number of hydrogen-bond acceptors (Lipinski definition) is 3. The van der Waals surface area contributed by atoms with Crippen LogP contribution in [-0.2, 0) is 6.18 Å². The van der Waals surface area contributed by atoms with E-state index in [0.717, 1.165) is 9.64 Å². The van der Waals surface area contributed by atoms with Gasteiger partial charge in [0.15, 0.2) is 5.69 Å². The van der Waals surface area contributed by atoms with Crippen LogP contribution < -0.4 is 5.32 Å². The molecule has 0 aliphatic carbocycles. The highest BCUT2D eigenvalue weighted by atomic mass is 127. The minimum atomic E-state index is -4.60. The van der Waals surface area contributed by atoms with Gasteiger partial charge >= 0.3 is 6.18 Å². The third kappa shape index (κ3) is 3.86. The predicted octanol–water partition coefficient (Wildman–Crippen LogP) is 5.15. The van der Waals surface area contributed by atoms with E-state index in [1.165, 1.54) is 0 Å².